The van der Waals surface area contributed by atoms with Gasteiger partial charge in [-0.2, -0.15) is 0 Å². The lowest BCUT2D eigenvalue weighted by Gasteiger charge is -2.62. The Kier molecular flexibility index (Phi) is 6.09. The fourth-order valence-electron chi connectivity index (χ4n) is 9.73. The Bertz CT molecular complexity index is 742. The maximum atomic E-state index is 14.0. The SMILES string of the molecule is CC(C)=C1CC[C@]2(C)[C@@H]3C(=O)C[C@]4(C)[C@H]([C@@H](C)CCCC(C)C)CC[C@@]4(C)[C@H]3CC[C@@H]12. The van der Waals surface area contributed by atoms with E-state index < -0.39 is 0 Å². The molecule has 4 aliphatic rings. The number of fused-ring (bicyclic) bond motifs is 5. The third-order valence-electron chi connectivity index (χ3n) is 11.6. The largest absolute Gasteiger partial charge is 0.299 e. The Labute approximate surface area is 193 Å². The number of Topliss-reactive ketones (excluding diaryl/α,β-unsaturated/α-hetero) is 1. The Morgan fingerprint density at radius 2 is 1.68 bits per heavy atom. The van der Waals surface area contributed by atoms with Crippen LogP contribution >= 0.6 is 0 Å². The molecule has 176 valence electrons. The fourth-order valence-corrected chi connectivity index (χ4v) is 9.73. The number of hydrogen-bond donors (Lipinski definition) is 0. The Hall–Kier alpha value is -0.590. The second-order valence-electron chi connectivity index (χ2n) is 13.7. The van der Waals surface area contributed by atoms with Gasteiger partial charge in [0.1, 0.15) is 5.78 Å². The minimum Gasteiger partial charge on any atom is -0.299 e. The molecule has 1 heteroatoms. The highest BCUT2D eigenvalue weighted by Crippen LogP contribution is 2.73. The first kappa shape index (κ1) is 23.6. The van der Waals surface area contributed by atoms with E-state index in [4.69, 9.17) is 0 Å². The van der Waals surface area contributed by atoms with Crippen molar-refractivity contribution in [3.63, 3.8) is 0 Å². The molecule has 8 atom stereocenters. The zero-order valence-electron chi connectivity index (χ0n) is 21.9. The molecule has 0 aromatic rings. The highest BCUT2D eigenvalue weighted by Gasteiger charge is 2.68. The standard InChI is InChI=1S/C30H50O/c1-19(2)10-9-11-21(5)23-15-17-29(7)25-13-12-24-22(20(3)4)14-16-28(24,6)27(25)26(31)18-30(23,29)8/h19,21,23-25,27H,9-18H2,1-8H3/t21-,23-,24-,25-,27-,28-,29-,30+/m0/s1. The molecule has 0 N–H and O–H groups in total. The van der Waals surface area contributed by atoms with Gasteiger partial charge in [0, 0.05) is 12.3 Å². The van der Waals surface area contributed by atoms with Crippen LogP contribution in [0.4, 0.5) is 0 Å². The normalized spacial score (nSPS) is 45.5. The lowest BCUT2D eigenvalue weighted by molar-refractivity contribution is -0.167. The van der Waals surface area contributed by atoms with Gasteiger partial charge in [0.2, 0.25) is 0 Å². The third kappa shape index (κ3) is 3.42. The van der Waals surface area contributed by atoms with Crippen LogP contribution in [-0.2, 0) is 4.79 Å². The van der Waals surface area contributed by atoms with Gasteiger partial charge in [-0.25, -0.2) is 0 Å². The molecule has 0 unspecified atom stereocenters. The van der Waals surface area contributed by atoms with Crippen molar-refractivity contribution in [1.82, 2.24) is 0 Å². The third-order valence-corrected chi connectivity index (χ3v) is 11.6. The lowest BCUT2D eigenvalue weighted by Crippen LogP contribution is -2.59. The topological polar surface area (TPSA) is 17.1 Å². The summed E-state index contributed by atoms with van der Waals surface area (Å²) in [5.41, 5.74) is 4.02. The first-order chi connectivity index (χ1) is 14.5. The molecule has 0 spiro atoms. The molecule has 0 aromatic heterocycles. The molecule has 4 fully saturated rings. The molecule has 31 heavy (non-hydrogen) atoms. The summed E-state index contributed by atoms with van der Waals surface area (Å²) in [6.45, 7) is 19.5. The van der Waals surface area contributed by atoms with Crippen molar-refractivity contribution >= 4 is 5.78 Å². The van der Waals surface area contributed by atoms with Crippen LogP contribution in [0.2, 0.25) is 0 Å². The van der Waals surface area contributed by atoms with E-state index in [0.29, 0.717) is 29.0 Å². The van der Waals surface area contributed by atoms with Gasteiger partial charge in [0.05, 0.1) is 0 Å². The van der Waals surface area contributed by atoms with E-state index in [2.05, 4.69) is 55.4 Å². The summed E-state index contributed by atoms with van der Waals surface area (Å²) in [7, 11) is 0. The van der Waals surface area contributed by atoms with Crippen LogP contribution in [0.1, 0.15) is 120 Å². The summed E-state index contributed by atoms with van der Waals surface area (Å²) < 4.78 is 0. The zero-order valence-corrected chi connectivity index (χ0v) is 21.9. The molecule has 0 aliphatic heterocycles. The van der Waals surface area contributed by atoms with E-state index in [1.54, 1.807) is 5.57 Å². The average molecular weight is 427 g/mol. The molecule has 4 rings (SSSR count). The fraction of sp³-hybridized carbons (Fsp3) is 0.900. The summed E-state index contributed by atoms with van der Waals surface area (Å²) in [6, 6.07) is 0. The zero-order chi connectivity index (χ0) is 22.8. The Morgan fingerprint density at radius 1 is 0.968 bits per heavy atom. The first-order valence-electron chi connectivity index (χ1n) is 13.6. The number of allylic oxidation sites excluding steroid dienone is 2. The minimum atomic E-state index is 0.212. The van der Waals surface area contributed by atoms with Gasteiger partial charge in [-0.3, -0.25) is 4.79 Å². The molecule has 0 bridgehead atoms. The van der Waals surface area contributed by atoms with Gasteiger partial charge >= 0.3 is 0 Å². The number of ketones is 1. The number of hydrogen-bond acceptors (Lipinski definition) is 1. The van der Waals surface area contributed by atoms with Crippen LogP contribution in [0.5, 0.6) is 0 Å². The average Bonchev–Trinajstić information content (AvgIpc) is 3.15. The second-order valence-corrected chi connectivity index (χ2v) is 13.7. The van der Waals surface area contributed by atoms with E-state index in [0.717, 1.165) is 24.2 Å². The molecule has 0 amide bonds. The lowest BCUT2D eigenvalue weighted by atomic mass is 9.41. The quantitative estimate of drug-likeness (QED) is 0.402. The smallest absolute Gasteiger partial charge is 0.137 e. The van der Waals surface area contributed by atoms with Crippen LogP contribution in [0.25, 0.3) is 0 Å². The Morgan fingerprint density at radius 3 is 2.32 bits per heavy atom. The molecule has 0 radical (unpaired) electrons. The van der Waals surface area contributed by atoms with Crippen molar-refractivity contribution in [2.75, 3.05) is 0 Å². The van der Waals surface area contributed by atoms with Gasteiger partial charge in [-0.1, -0.05) is 72.0 Å². The highest BCUT2D eigenvalue weighted by molar-refractivity contribution is 5.85. The second kappa shape index (κ2) is 8.02. The Balaban J connectivity index is 1.61. The van der Waals surface area contributed by atoms with Crippen LogP contribution in [-0.4, -0.2) is 5.78 Å². The van der Waals surface area contributed by atoms with Gasteiger partial charge in [0.25, 0.3) is 0 Å². The van der Waals surface area contributed by atoms with Crippen LogP contribution in [0.3, 0.4) is 0 Å². The number of rotatable bonds is 5. The summed E-state index contributed by atoms with van der Waals surface area (Å²) in [5, 5.41) is 0. The van der Waals surface area contributed by atoms with Crippen molar-refractivity contribution in [1.29, 1.82) is 0 Å². The van der Waals surface area contributed by atoms with E-state index >= 15 is 0 Å². The van der Waals surface area contributed by atoms with Gasteiger partial charge in [-0.15, -0.1) is 0 Å². The predicted octanol–water partition coefficient (Wildman–Crippen LogP) is 8.62. The molecular formula is C30H50O. The highest BCUT2D eigenvalue weighted by atomic mass is 16.1. The van der Waals surface area contributed by atoms with E-state index in [1.165, 1.54) is 63.4 Å². The summed E-state index contributed by atoms with van der Waals surface area (Å²) in [5.74, 6) is 4.54. The molecule has 0 saturated heterocycles. The maximum absolute atomic E-state index is 14.0. The molecule has 0 heterocycles. The first-order valence-corrected chi connectivity index (χ1v) is 13.6. The summed E-state index contributed by atoms with van der Waals surface area (Å²) in [6.07, 6.45) is 12.7. The molecule has 1 nitrogen and oxygen atoms in total. The monoisotopic (exact) mass is 426 g/mol. The van der Waals surface area contributed by atoms with Crippen molar-refractivity contribution in [2.24, 2.45) is 51.8 Å². The molecule has 4 aliphatic carbocycles. The summed E-state index contributed by atoms with van der Waals surface area (Å²) >= 11 is 0. The van der Waals surface area contributed by atoms with Crippen molar-refractivity contribution in [2.45, 2.75) is 120 Å². The van der Waals surface area contributed by atoms with Gasteiger partial charge in [0.15, 0.2) is 0 Å². The molecule has 4 saturated carbocycles. The minimum absolute atomic E-state index is 0.212. The predicted molar refractivity (Wildman–Crippen MR) is 132 cm³/mol. The van der Waals surface area contributed by atoms with Crippen LogP contribution in [0, 0.1) is 51.8 Å². The number of carbonyl (C=O) groups excluding carboxylic acids is 1. The van der Waals surface area contributed by atoms with E-state index in [-0.39, 0.29) is 10.8 Å². The number of carbonyl (C=O) groups is 1. The molecule has 0 aromatic carbocycles. The van der Waals surface area contributed by atoms with Crippen molar-refractivity contribution in [3.8, 4) is 0 Å². The van der Waals surface area contributed by atoms with Crippen LogP contribution in [0.15, 0.2) is 11.1 Å². The van der Waals surface area contributed by atoms with E-state index in [1.807, 2.05) is 0 Å². The van der Waals surface area contributed by atoms with E-state index in [9.17, 15) is 4.79 Å². The summed E-state index contributed by atoms with van der Waals surface area (Å²) in [4.78, 5) is 14.0. The maximum Gasteiger partial charge on any atom is 0.137 e. The van der Waals surface area contributed by atoms with Crippen molar-refractivity contribution < 1.29 is 4.79 Å². The van der Waals surface area contributed by atoms with Crippen LogP contribution < -0.4 is 0 Å². The van der Waals surface area contributed by atoms with Gasteiger partial charge in [-0.05, 0) is 98.2 Å². The molecular weight excluding hydrogens is 376 g/mol. The van der Waals surface area contributed by atoms with Gasteiger partial charge < -0.3 is 0 Å². The van der Waals surface area contributed by atoms with Crippen molar-refractivity contribution in [3.05, 3.63) is 11.1 Å².